The van der Waals surface area contributed by atoms with Crippen molar-refractivity contribution in [2.45, 2.75) is 19.8 Å². The van der Waals surface area contributed by atoms with Gasteiger partial charge in [-0.3, -0.25) is 14.9 Å². The summed E-state index contributed by atoms with van der Waals surface area (Å²) in [4.78, 5) is 26.5. The molecule has 3 rings (SSSR count). The van der Waals surface area contributed by atoms with Crippen LogP contribution in [0.1, 0.15) is 40.7 Å². The van der Waals surface area contributed by atoms with Crippen LogP contribution < -0.4 is 10.6 Å². The molecule has 0 radical (unpaired) electrons. The summed E-state index contributed by atoms with van der Waals surface area (Å²) in [6, 6.07) is 10.3. The SMILES string of the molecule is CC1CCN(C(=O)c2cccc(NC(=S)NC(=O)c3ccco3)c2)CC1. The minimum atomic E-state index is -0.429. The number of rotatable bonds is 3. The third-order valence-electron chi connectivity index (χ3n) is 4.41. The maximum Gasteiger partial charge on any atom is 0.293 e. The van der Waals surface area contributed by atoms with Crippen molar-refractivity contribution in [3.63, 3.8) is 0 Å². The van der Waals surface area contributed by atoms with Crippen molar-refractivity contribution in [1.29, 1.82) is 0 Å². The smallest absolute Gasteiger partial charge is 0.293 e. The number of piperidine rings is 1. The van der Waals surface area contributed by atoms with Gasteiger partial charge in [0.2, 0.25) is 0 Å². The Kier molecular flexibility index (Phi) is 5.68. The third-order valence-corrected chi connectivity index (χ3v) is 4.61. The Bertz CT molecular complexity index is 796. The molecule has 1 saturated heterocycles. The van der Waals surface area contributed by atoms with Gasteiger partial charge in [0, 0.05) is 24.3 Å². The van der Waals surface area contributed by atoms with E-state index in [0.29, 0.717) is 17.2 Å². The zero-order valence-corrected chi connectivity index (χ0v) is 15.3. The Labute approximate surface area is 157 Å². The standard InChI is InChI=1S/C19H21N3O3S/c1-13-7-9-22(10-8-13)18(24)14-4-2-5-15(12-14)20-19(26)21-17(23)16-6-3-11-25-16/h2-6,11-13H,7-10H2,1H3,(H2,20,21,23,26). The van der Waals surface area contributed by atoms with E-state index < -0.39 is 5.91 Å². The first-order chi connectivity index (χ1) is 12.5. The van der Waals surface area contributed by atoms with Crippen LogP contribution >= 0.6 is 12.2 Å². The van der Waals surface area contributed by atoms with E-state index in [1.54, 1.807) is 36.4 Å². The largest absolute Gasteiger partial charge is 0.459 e. The van der Waals surface area contributed by atoms with Crippen molar-refractivity contribution >= 4 is 34.8 Å². The van der Waals surface area contributed by atoms with Crippen molar-refractivity contribution in [3.8, 4) is 0 Å². The molecule has 1 aromatic carbocycles. The lowest BCUT2D eigenvalue weighted by Crippen LogP contribution is -2.38. The van der Waals surface area contributed by atoms with Crippen LogP contribution in [0.5, 0.6) is 0 Å². The number of likely N-dealkylation sites (tertiary alicyclic amines) is 1. The maximum atomic E-state index is 12.7. The zero-order valence-electron chi connectivity index (χ0n) is 14.5. The summed E-state index contributed by atoms with van der Waals surface area (Å²) in [5, 5.41) is 5.61. The predicted octanol–water partition coefficient (Wildman–Crippen LogP) is 3.28. The summed E-state index contributed by atoms with van der Waals surface area (Å²) in [7, 11) is 0. The highest BCUT2D eigenvalue weighted by Gasteiger charge is 2.21. The molecule has 0 saturated carbocycles. The van der Waals surface area contributed by atoms with Crippen LogP contribution in [0, 0.1) is 5.92 Å². The molecule has 0 unspecified atom stereocenters. The number of furan rings is 1. The number of amides is 2. The molecular formula is C19H21N3O3S. The van der Waals surface area contributed by atoms with E-state index in [2.05, 4.69) is 17.6 Å². The number of thiocarbonyl (C=S) groups is 1. The Morgan fingerprint density at radius 2 is 1.96 bits per heavy atom. The molecule has 1 fully saturated rings. The zero-order chi connectivity index (χ0) is 18.5. The first-order valence-electron chi connectivity index (χ1n) is 8.58. The Balaban J connectivity index is 1.61. The molecule has 1 aromatic heterocycles. The lowest BCUT2D eigenvalue weighted by atomic mass is 9.98. The lowest BCUT2D eigenvalue weighted by molar-refractivity contribution is 0.0697. The monoisotopic (exact) mass is 371 g/mol. The minimum absolute atomic E-state index is 0.0195. The van der Waals surface area contributed by atoms with Crippen molar-refractivity contribution in [2.75, 3.05) is 18.4 Å². The molecule has 0 bridgehead atoms. The highest BCUT2D eigenvalue weighted by Crippen LogP contribution is 2.19. The molecule has 2 amide bonds. The first-order valence-corrected chi connectivity index (χ1v) is 8.99. The fourth-order valence-corrected chi connectivity index (χ4v) is 3.07. The van der Waals surface area contributed by atoms with E-state index in [4.69, 9.17) is 16.6 Å². The Morgan fingerprint density at radius 3 is 2.65 bits per heavy atom. The van der Waals surface area contributed by atoms with E-state index in [9.17, 15) is 9.59 Å². The van der Waals surface area contributed by atoms with Crippen molar-refractivity contribution < 1.29 is 14.0 Å². The van der Waals surface area contributed by atoms with Crippen molar-refractivity contribution in [3.05, 3.63) is 54.0 Å². The predicted molar refractivity (Wildman–Crippen MR) is 103 cm³/mol. The van der Waals surface area contributed by atoms with Gasteiger partial charge in [0.15, 0.2) is 10.9 Å². The normalized spacial score (nSPS) is 14.7. The quantitative estimate of drug-likeness (QED) is 0.810. The lowest BCUT2D eigenvalue weighted by Gasteiger charge is -2.30. The molecule has 2 N–H and O–H groups in total. The summed E-state index contributed by atoms with van der Waals surface area (Å²) < 4.78 is 5.02. The average molecular weight is 371 g/mol. The second-order valence-corrected chi connectivity index (χ2v) is 6.85. The molecule has 7 heteroatoms. The Morgan fingerprint density at radius 1 is 1.19 bits per heavy atom. The second-order valence-electron chi connectivity index (χ2n) is 6.44. The molecular weight excluding hydrogens is 350 g/mol. The van der Waals surface area contributed by atoms with Crippen LogP contribution in [0.15, 0.2) is 47.1 Å². The fourth-order valence-electron chi connectivity index (χ4n) is 2.86. The van der Waals surface area contributed by atoms with Gasteiger partial charge in [0.1, 0.15) is 0 Å². The molecule has 2 heterocycles. The number of anilines is 1. The molecule has 2 aromatic rings. The average Bonchev–Trinajstić information content (AvgIpc) is 3.17. The first kappa shape index (κ1) is 18.1. The summed E-state index contributed by atoms with van der Waals surface area (Å²) in [6.07, 6.45) is 3.49. The molecule has 0 spiro atoms. The van der Waals surface area contributed by atoms with Gasteiger partial charge in [-0.05, 0) is 61.3 Å². The fraction of sp³-hybridized carbons (Fsp3) is 0.316. The van der Waals surface area contributed by atoms with Gasteiger partial charge in [-0.15, -0.1) is 0 Å². The van der Waals surface area contributed by atoms with E-state index in [1.165, 1.54) is 6.26 Å². The van der Waals surface area contributed by atoms with Gasteiger partial charge in [0.05, 0.1) is 6.26 Å². The molecule has 136 valence electrons. The summed E-state index contributed by atoms with van der Waals surface area (Å²) in [5.41, 5.74) is 1.25. The number of carbonyl (C=O) groups is 2. The van der Waals surface area contributed by atoms with Gasteiger partial charge in [-0.1, -0.05) is 13.0 Å². The summed E-state index contributed by atoms with van der Waals surface area (Å²) >= 11 is 5.15. The van der Waals surface area contributed by atoms with Gasteiger partial charge < -0.3 is 14.6 Å². The van der Waals surface area contributed by atoms with E-state index >= 15 is 0 Å². The van der Waals surface area contributed by atoms with Crippen molar-refractivity contribution in [1.82, 2.24) is 10.2 Å². The molecule has 1 aliphatic heterocycles. The number of benzene rings is 1. The number of nitrogens with one attached hydrogen (secondary N) is 2. The number of nitrogens with zero attached hydrogens (tertiary/aromatic N) is 1. The third kappa shape index (κ3) is 4.49. The van der Waals surface area contributed by atoms with Crippen molar-refractivity contribution in [2.24, 2.45) is 5.92 Å². The number of hydrogen-bond donors (Lipinski definition) is 2. The molecule has 0 atom stereocenters. The molecule has 6 nitrogen and oxygen atoms in total. The van der Waals surface area contributed by atoms with Gasteiger partial charge in [-0.2, -0.15) is 0 Å². The van der Waals surface area contributed by atoms with Crippen LogP contribution in [-0.4, -0.2) is 34.9 Å². The van der Waals surface area contributed by atoms with E-state index in [1.807, 2.05) is 4.90 Å². The topological polar surface area (TPSA) is 74.6 Å². The van der Waals surface area contributed by atoms with E-state index in [0.717, 1.165) is 25.9 Å². The second kappa shape index (κ2) is 8.14. The molecule has 26 heavy (non-hydrogen) atoms. The highest BCUT2D eigenvalue weighted by molar-refractivity contribution is 7.80. The van der Waals surface area contributed by atoms with Crippen LogP contribution in [0.2, 0.25) is 0 Å². The molecule has 1 aliphatic rings. The Hall–Kier alpha value is -2.67. The van der Waals surface area contributed by atoms with Gasteiger partial charge >= 0.3 is 0 Å². The van der Waals surface area contributed by atoms with Gasteiger partial charge in [-0.25, -0.2) is 0 Å². The molecule has 0 aliphatic carbocycles. The van der Waals surface area contributed by atoms with Crippen LogP contribution in [0.4, 0.5) is 5.69 Å². The highest BCUT2D eigenvalue weighted by atomic mass is 32.1. The number of hydrogen-bond acceptors (Lipinski definition) is 4. The van der Waals surface area contributed by atoms with Crippen LogP contribution in [-0.2, 0) is 0 Å². The van der Waals surface area contributed by atoms with Crippen LogP contribution in [0.25, 0.3) is 0 Å². The van der Waals surface area contributed by atoms with Crippen LogP contribution in [0.3, 0.4) is 0 Å². The van der Waals surface area contributed by atoms with E-state index in [-0.39, 0.29) is 16.8 Å². The van der Waals surface area contributed by atoms with Gasteiger partial charge in [0.25, 0.3) is 11.8 Å². The summed E-state index contributed by atoms with van der Waals surface area (Å²) in [5.74, 6) is 0.438. The number of carbonyl (C=O) groups excluding carboxylic acids is 2. The maximum absolute atomic E-state index is 12.7. The minimum Gasteiger partial charge on any atom is -0.459 e. The summed E-state index contributed by atoms with van der Waals surface area (Å²) in [6.45, 7) is 3.79.